The zero-order chi connectivity index (χ0) is 20.7. The third-order valence-electron chi connectivity index (χ3n) is 4.34. The van der Waals surface area contributed by atoms with E-state index in [2.05, 4.69) is 21.4 Å². The normalized spacial score (nSPS) is 11.1. The number of rotatable bonds is 4. The summed E-state index contributed by atoms with van der Waals surface area (Å²) in [6.07, 6.45) is 0. The van der Waals surface area contributed by atoms with E-state index in [1.54, 1.807) is 11.3 Å². The number of hydrogen-bond donors (Lipinski definition) is 3. The third-order valence-corrected chi connectivity index (χ3v) is 7.09. The number of nitrogens with two attached hydrogens (primary N) is 2. The average molecular weight is 441 g/mol. The summed E-state index contributed by atoms with van der Waals surface area (Å²) in [5.41, 5.74) is 14.5. The van der Waals surface area contributed by atoms with Gasteiger partial charge in [-0.2, -0.15) is 5.26 Å². The van der Waals surface area contributed by atoms with Gasteiger partial charge in [-0.15, -0.1) is 34.0 Å². The standard InChI is InChI=1S/C19H16N6OS3/c1-8(2)12-9(6-20)16(22)24-18-13(12)14(21)15(29-18)17(26)25-19-23-10(7-28-19)11-4-3-5-27-11/h3-5,7-8H,21H2,1-2H3,(H2,22,24)(H,23,25,26). The Kier molecular flexibility index (Phi) is 4.96. The summed E-state index contributed by atoms with van der Waals surface area (Å²) < 4.78 is 0. The number of hydrogen-bond acceptors (Lipinski definition) is 9. The molecular weight excluding hydrogens is 424 g/mol. The van der Waals surface area contributed by atoms with Crippen LogP contribution in [0, 0.1) is 11.3 Å². The van der Waals surface area contributed by atoms with E-state index >= 15 is 0 Å². The number of amides is 1. The van der Waals surface area contributed by atoms with Gasteiger partial charge in [0.05, 0.1) is 21.8 Å². The molecular formula is C19H16N6OS3. The molecule has 4 aromatic rings. The summed E-state index contributed by atoms with van der Waals surface area (Å²) in [7, 11) is 0. The van der Waals surface area contributed by atoms with Gasteiger partial charge in [0.2, 0.25) is 0 Å². The van der Waals surface area contributed by atoms with Crippen LogP contribution in [-0.2, 0) is 0 Å². The molecule has 0 spiro atoms. The predicted octanol–water partition coefficient (Wildman–Crippen LogP) is 4.89. The molecule has 146 valence electrons. The van der Waals surface area contributed by atoms with E-state index in [1.165, 1.54) is 11.3 Å². The molecule has 4 rings (SSSR count). The Hall–Kier alpha value is -3.00. The topological polar surface area (TPSA) is 131 Å². The Bertz CT molecular complexity index is 1260. The van der Waals surface area contributed by atoms with Crippen LogP contribution in [0.15, 0.2) is 22.9 Å². The second-order valence-corrected chi connectivity index (χ2v) is 9.35. The van der Waals surface area contributed by atoms with Gasteiger partial charge < -0.3 is 11.5 Å². The summed E-state index contributed by atoms with van der Waals surface area (Å²) in [5.74, 6) is -0.209. The molecule has 0 saturated carbocycles. The number of carbonyl (C=O) groups excluding carboxylic acids is 1. The van der Waals surface area contributed by atoms with Gasteiger partial charge in [0.25, 0.3) is 5.91 Å². The smallest absolute Gasteiger partial charge is 0.269 e. The highest BCUT2D eigenvalue weighted by Crippen LogP contribution is 2.41. The SMILES string of the molecule is CC(C)c1c(C#N)c(N)nc2sc(C(=O)Nc3nc(-c4cccs4)cs3)c(N)c12. The zero-order valence-electron chi connectivity index (χ0n) is 15.5. The number of thiophene rings is 2. The van der Waals surface area contributed by atoms with Crippen molar-refractivity contribution in [3.05, 3.63) is 38.9 Å². The number of pyridine rings is 1. The molecule has 0 bridgehead atoms. The van der Waals surface area contributed by atoms with Crippen molar-refractivity contribution in [1.82, 2.24) is 9.97 Å². The zero-order valence-corrected chi connectivity index (χ0v) is 18.0. The number of aromatic nitrogens is 2. The fraction of sp³-hybridized carbons (Fsp3) is 0.158. The number of thiazole rings is 1. The number of nitrogen functional groups attached to an aromatic ring is 2. The number of nitrogens with zero attached hydrogens (tertiary/aromatic N) is 3. The molecule has 5 N–H and O–H groups in total. The van der Waals surface area contributed by atoms with E-state index in [-0.39, 0.29) is 17.6 Å². The molecule has 7 nitrogen and oxygen atoms in total. The van der Waals surface area contributed by atoms with Crippen molar-refractivity contribution in [3.63, 3.8) is 0 Å². The molecule has 0 aliphatic carbocycles. The van der Waals surface area contributed by atoms with Crippen LogP contribution < -0.4 is 16.8 Å². The first-order valence-corrected chi connectivity index (χ1v) is 11.2. The van der Waals surface area contributed by atoms with Crippen LogP contribution in [0.5, 0.6) is 0 Å². The molecule has 0 aliphatic rings. The van der Waals surface area contributed by atoms with Crippen LogP contribution in [0.1, 0.15) is 40.6 Å². The molecule has 10 heteroatoms. The van der Waals surface area contributed by atoms with Gasteiger partial charge in [-0.3, -0.25) is 10.1 Å². The van der Waals surface area contributed by atoms with Crippen LogP contribution in [0.25, 0.3) is 20.8 Å². The highest BCUT2D eigenvalue weighted by atomic mass is 32.1. The van der Waals surface area contributed by atoms with Gasteiger partial charge in [0, 0.05) is 10.8 Å². The van der Waals surface area contributed by atoms with Crippen LogP contribution in [0.3, 0.4) is 0 Å². The second-order valence-electron chi connectivity index (χ2n) is 6.55. The van der Waals surface area contributed by atoms with Gasteiger partial charge in [-0.1, -0.05) is 19.9 Å². The summed E-state index contributed by atoms with van der Waals surface area (Å²) >= 11 is 4.10. The lowest BCUT2D eigenvalue weighted by Gasteiger charge is -2.12. The van der Waals surface area contributed by atoms with Gasteiger partial charge in [0.15, 0.2) is 5.13 Å². The largest absolute Gasteiger partial charge is 0.397 e. The number of nitrogens with one attached hydrogen (secondary N) is 1. The maximum Gasteiger partial charge on any atom is 0.269 e. The predicted molar refractivity (Wildman–Crippen MR) is 121 cm³/mol. The lowest BCUT2D eigenvalue weighted by atomic mass is 9.95. The quantitative estimate of drug-likeness (QED) is 0.414. The number of carbonyl (C=O) groups is 1. The molecule has 1 amide bonds. The minimum atomic E-state index is -0.357. The Morgan fingerprint density at radius 1 is 1.28 bits per heavy atom. The fourth-order valence-electron chi connectivity index (χ4n) is 3.08. The Morgan fingerprint density at radius 3 is 2.72 bits per heavy atom. The molecule has 4 aromatic heterocycles. The minimum absolute atomic E-state index is 0.00224. The van der Waals surface area contributed by atoms with Gasteiger partial charge in [0.1, 0.15) is 21.6 Å². The van der Waals surface area contributed by atoms with Crippen LogP contribution in [-0.4, -0.2) is 15.9 Å². The van der Waals surface area contributed by atoms with E-state index in [0.29, 0.717) is 31.5 Å². The molecule has 0 atom stereocenters. The molecule has 0 aromatic carbocycles. The maximum absolute atomic E-state index is 12.9. The van der Waals surface area contributed by atoms with Crippen LogP contribution in [0.2, 0.25) is 0 Å². The number of anilines is 3. The van der Waals surface area contributed by atoms with Crippen LogP contribution in [0.4, 0.5) is 16.6 Å². The van der Waals surface area contributed by atoms with Gasteiger partial charge in [-0.05, 0) is 22.9 Å². The van der Waals surface area contributed by atoms with Crippen molar-refractivity contribution in [2.24, 2.45) is 0 Å². The average Bonchev–Trinajstić information content (AvgIpc) is 3.41. The third kappa shape index (κ3) is 3.33. The van der Waals surface area contributed by atoms with E-state index < -0.39 is 0 Å². The summed E-state index contributed by atoms with van der Waals surface area (Å²) in [5, 5.41) is 17.3. The first-order valence-electron chi connectivity index (χ1n) is 8.62. The Balaban J connectivity index is 1.73. The van der Waals surface area contributed by atoms with Crippen molar-refractivity contribution in [1.29, 1.82) is 5.26 Å². The lowest BCUT2D eigenvalue weighted by Crippen LogP contribution is -2.12. The van der Waals surface area contributed by atoms with Crippen molar-refractivity contribution >= 4 is 66.8 Å². The van der Waals surface area contributed by atoms with E-state index in [9.17, 15) is 10.1 Å². The molecule has 0 unspecified atom stereocenters. The minimum Gasteiger partial charge on any atom is -0.397 e. The Labute approximate surface area is 178 Å². The van der Waals surface area contributed by atoms with Crippen molar-refractivity contribution < 1.29 is 4.79 Å². The van der Waals surface area contributed by atoms with Crippen molar-refractivity contribution in [2.75, 3.05) is 16.8 Å². The van der Waals surface area contributed by atoms with Crippen LogP contribution >= 0.6 is 34.0 Å². The molecule has 29 heavy (non-hydrogen) atoms. The maximum atomic E-state index is 12.9. The van der Waals surface area contributed by atoms with E-state index in [0.717, 1.165) is 27.5 Å². The highest BCUT2D eigenvalue weighted by molar-refractivity contribution is 7.21. The fourth-order valence-corrected chi connectivity index (χ4v) is 5.57. The highest BCUT2D eigenvalue weighted by Gasteiger charge is 2.25. The molecule has 0 radical (unpaired) electrons. The lowest BCUT2D eigenvalue weighted by molar-refractivity contribution is 0.103. The van der Waals surface area contributed by atoms with E-state index in [4.69, 9.17) is 11.5 Å². The molecule has 0 saturated heterocycles. The molecule has 0 aliphatic heterocycles. The first kappa shape index (κ1) is 19.3. The monoisotopic (exact) mass is 440 g/mol. The number of nitriles is 1. The van der Waals surface area contributed by atoms with Gasteiger partial charge in [-0.25, -0.2) is 9.97 Å². The summed E-state index contributed by atoms with van der Waals surface area (Å²) in [6.45, 7) is 3.90. The van der Waals surface area contributed by atoms with Crippen molar-refractivity contribution in [2.45, 2.75) is 19.8 Å². The summed E-state index contributed by atoms with van der Waals surface area (Å²) in [6, 6.07) is 6.04. The molecule has 4 heterocycles. The molecule has 0 fully saturated rings. The summed E-state index contributed by atoms with van der Waals surface area (Å²) in [4.78, 5) is 23.6. The first-order chi connectivity index (χ1) is 13.9. The Morgan fingerprint density at radius 2 is 2.07 bits per heavy atom. The van der Waals surface area contributed by atoms with E-state index in [1.807, 2.05) is 36.7 Å². The second kappa shape index (κ2) is 7.44. The number of fused-ring (bicyclic) bond motifs is 1. The van der Waals surface area contributed by atoms with Gasteiger partial charge >= 0.3 is 0 Å². The van der Waals surface area contributed by atoms with Crippen molar-refractivity contribution in [3.8, 4) is 16.6 Å².